The second-order valence-corrected chi connectivity index (χ2v) is 9.59. The summed E-state index contributed by atoms with van der Waals surface area (Å²) in [5, 5.41) is 3.15. The molecule has 0 fully saturated rings. The molecule has 8 nitrogen and oxygen atoms in total. The van der Waals surface area contributed by atoms with Gasteiger partial charge in [-0.15, -0.1) is 0 Å². The van der Waals surface area contributed by atoms with Gasteiger partial charge in [-0.3, -0.25) is 14.8 Å². The van der Waals surface area contributed by atoms with Crippen molar-refractivity contribution in [3.05, 3.63) is 72.3 Å². The fourth-order valence-corrected chi connectivity index (χ4v) is 5.08. The van der Waals surface area contributed by atoms with Gasteiger partial charge in [0.2, 0.25) is 0 Å². The Bertz CT molecular complexity index is 1390. The maximum atomic E-state index is 12.9. The number of hydrogen-bond donors (Lipinski definition) is 2. The van der Waals surface area contributed by atoms with Crippen molar-refractivity contribution in [1.82, 2.24) is 4.98 Å². The van der Waals surface area contributed by atoms with Crippen LogP contribution in [-0.4, -0.2) is 33.0 Å². The summed E-state index contributed by atoms with van der Waals surface area (Å²) in [5.41, 5.74) is 1.35. The second kappa shape index (κ2) is 9.47. The van der Waals surface area contributed by atoms with Gasteiger partial charge in [-0.05, 0) is 49.4 Å². The number of benzene rings is 3. The van der Waals surface area contributed by atoms with Gasteiger partial charge in [0.25, 0.3) is 15.9 Å². The number of carbonyl (C=O) groups excluding carboxylic acids is 1. The number of sulfonamides is 1. The van der Waals surface area contributed by atoms with E-state index in [0.717, 1.165) is 0 Å². The van der Waals surface area contributed by atoms with E-state index in [1.165, 1.54) is 30.6 Å². The highest BCUT2D eigenvalue weighted by Gasteiger charge is 2.18. The number of amides is 1. The van der Waals surface area contributed by atoms with Crippen LogP contribution >= 0.6 is 11.3 Å². The molecular formula is C23H21N3O5S2. The molecule has 0 unspecified atom stereocenters. The lowest BCUT2D eigenvalue weighted by atomic mass is 10.2. The Hall–Kier alpha value is -3.63. The summed E-state index contributed by atoms with van der Waals surface area (Å²) < 4.78 is 39.7. The van der Waals surface area contributed by atoms with Crippen molar-refractivity contribution in [2.75, 3.05) is 23.8 Å². The maximum Gasteiger partial charge on any atom is 0.261 e. The molecule has 170 valence electrons. The molecule has 1 aromatic heterocycles. The number of methoxy groups -OCH3 is 1. The number of rotatable bonds is 8. The molecule has 0 atom stereocenters. The van der Waals surface area contributed by atoms with Gasteiger partial charge in [-0.1, -0.05) is 29.5 Å². The van der Waals surface area contributed by atoms with E-state index < -0.39 is 10.0 Å². The average molecular weight is 484 g/mol. The molecular weight excluding hydrogens is 462 g/mol. The molecule has 0 saturated heterocycles. The standard InChI is InChI=1S/C23H21N3O5S2/c1-3-31-17-9-11-18(12-10-17)33(28,29)26-16-13-19(30-2)21-20(14-16)32-23(24-21)25-22(27)15-7-5-4-6-8-15/h4-14,26H,3H2,1-2H3,(H,24,25,27). The quantitative estimate of drug-likeness (QED) is 0.374. The van der Waals surface area contributed by atoms with Crippen molar-refractivity contribution >= 4 is 48.3 Å². The lowest BCUT2D eigenvalue weighted by Crippen LogP contribution is -2.13. The molecule has 3 aromatic carbocycles. The van der Waals surface area contributed by atoms with Crippen LogP contribution in [-0.2, 0) is 10.0 Å². The number of anilines is 2. The highest BCUT2D eigenvalue weighted by molar-refractivity contribution is 7.92. The minimum Gasteiger partial charge on any atom is -0.494 e. The molecule has 33 heavy (non-hydrogen) atoms. The number of hydrogen-bond acceptors (Lipinski definition) is 7. The monoisotopic (exact) mass is 483 g/mol. The Labute approximate surface area is 195 Å². The summed E-state index contributed by atoms with van der Waals surface area (Å²) >= 11 is 1.22. The molecule has 0 saturated carbocycles. The smallest absolute Gasteiger partial charge is 0.261 e. The predicted octanol–water partition coefficient (Wildman–Crippen LogP) is 4.76. The Morgan fingerprint density at radius 1 is 1.06 bits per heavy atom. The highest BCUT2D eigenvalue weighted by atomic mass is 32.2. The zero-order valence-electron chi connectivity index (χ0n) is 17.9. The van der Waals surface area contributed by atoms with E-state index in [9.17, 15) is 13.2 Å². The van der Waals surface area contributed by atoms with E-state index in [-0.39, 0.29) is 10.8 Å². The number of ether oxygens (including phenoxy) is 2. The zero-order chi connectivity index (χ0) is 23.4. The number of thiazole rings is 1. The van der Waals surface area contributed by atoms with Gasteiger partial charge in [0, 0.05) is 11.6 Å². The van der Waals surface area contributed by atoms with Crippen molar-refractivity contribution in [1.29, 1.82) is 0 Å². The minimum atomic E-state index is -3.83. The van der Waals surface area contributed by atoms with Gasteiger partial charge in [0.15, 0.2) is 5.13 Å². The second-order valence-electron chi connectivity index (χ2n) is 6.87. The minimum absolute atomic E-state index is 0.102. The molecule has 1 heterocycles. The van der Waals surface area contributed by atoms with Crippen molar-refractivity contribution in [2.24, 2.45) is 0 Å². The first-order valence-electron chi connectivity index (χ1n) is 10.0. The van der Waals surface area contributed by atoms with Crippen LogP contribution in [0.4, 0.5) is 10.8 Å². The molecule has 0 aliphatic heterocycles. The molecule has 0 aliphatic rings. The van der Waals surface area contributed by atoms with Crippen molar-refractivity contribution in [3.63, 3.8) is 0 Å². The van der Waals surface area contributed by atoms with Crippen LogP contribution in [0.15, 0.2) is 71.6 Å². The number of fused-ring (bicyclic) bond motifs is 1. The van der Waals surface area contributed by atoms with Crippen LogP contribution in [0.3, 0.4) is 0 Å². The first kappa shape index (κ1) is 22.6. The maximum absolute atomic E-state index is 12.9. The lowest BCUT2D eigenvalue weighted by Gasteiger charge is -2.10. The molecule has 0 spiro atoms. The average Bonchev–Trinajstić information content (AvgIpc) is 3.21. The first-order chi connectivity index (χ1) is 15.9. The van der Waals surface area contributed by atoms with E-state index in [4.69, 9.17) is 9.47 Å². The molecule has 2 N–H and O–H groups in total. The van der Waals surface area contributed by atoms with E-state index >= 15 is 0 Å². The Morgan fingerprint density at radius 3 is 2.45 bits per heavy atom. The van der Waals surface area contributed by atoms with Crippen LogP contribution in [0.1, 0.15) is 17.3 Å². The zero-order valence-corrected chi connectivity index (χ0v) is 19.5. The molecule has 0 radical (unpaired) electrons. The van der Waals surface area contributed by atoms with Crippen molar-refractivity contribution in [2.45, 2.75) is 11.8 Å². The Balaban J connectivity index is 1.60. The highest BCUT2D eigenvalue weighted by Crippen LogP contribution is 2.36. The SMILES string of the molecule is CCOc1ccc(S(=O)(=O)Nc2cc(OC)c3nc(NC(=O)c4ccccc4)sc3c2)cc1. The summed E-state index contributed by atoms with van der Waals surface area (Å²) in [6, 6.07) is 18.2. The van der Waals surface area contributed by atoms with E-state index in [1.807, 2.05) is 13.0 Å². The predicted molar refractivity (Wildman–Crippen MR) is 129 cm³/mol. The fourth-order valence-electron chi connectivity index (χ4n) is 3.12. The van der Waals surface area contributed by atoms with Gasteiger partial charge in [-0.2, -0.15) is 0 Å². The third-order valence-electron chi connectivity index (χ3n) is 4.63. The van der Waals surface area contributed by atoms with Crippen LogP contribution in [0.5, 0.6) is 11.5 Å². The third-order valence-corrected chi connectivity index (χ3v) is 6.95. The summed E-state index contributed by atoms with van der Waals surface area (Å²) in [5.74, 6) is 0.688. The largest absolute Gasteiger partial charge is 0.494 e. The molecule has 0 bridgehead atoms. The van der Waals surface area contributed by atoms with E-state index in [2.05, 4.69) is 15.0 Å². The number of nitrogens with one attached hydrogen (secondary N) is 2. The van der Waals surface area contributed by atoms with Crippen molar-refractivity contribution in [3.8, 4) is 11.5 Å². The van der Waals surface area contributed by atoms with Gasteiger partial charge in [0.1, 0.15) is 17.0 Å². The van der Waals surface area contributed by atoms with E-state index in [1.54, 1.807) is 48.5 Å². The molecule has 0 aliphatic carbocycles. The summed E-state index contributed by atoms with van der Waals surface area (Å²) in [6.45, 7) is 2.35. The van der Waals surface area contributed by atoms with Gasteiger partial charge in [0.05, 0.1) is 29.0 Å². The normalized spacial score (nSPS) is 11.2. The molecule has 10 heteroatoms. The lowest BCUT2D eigenvalue weighted by molar-refractivity contribution is 0.102. The van der Waals surface area contributed by atoms with Crippen LogP contribution < -0.4 is 19.5 Å². The van der Waals surface area contributed by atoms with E-state index in [0.29, 0.717) is 44.7 Å². The van der Waals surface area contributed by atoms with Gasteiger partial charge >= 0.3 is 0 Å². The first-order valence-corrected chi connectivity index (χ1v) is 12.3. The van der Waals surface area contributed by atoms with Crippen LogP contribution in [0.25, 0.3) is 10.2 Å². The van der Waals surface area contributed by atoms with Gasteiger partial charge < -0.3 is 9.47 Å². The molecule has 4 rings (SSSR count). The van der Waals surface area contributed by atoms with Gasteiger partial charge in [-0.25, -0.2) is 13.4 Å². The number of nitrogens with zero attached hydrogens (tertiary/aromatic N) is 1. The topological polar surface area (TPSA) is 107 Å². The number of carbonyl (C=O) groups is 1. The summed E-state index contributed by atoms with van der Waals surface area (Å²) in [4.78, 5) is 17.0. The number of aromatic nitrogens is 1. The summed E-state index contributed by atoms with van der Waals surface area (Å²) in [7, 11) is -2.36. The van der Waals surface area contributed by atoms with Crippen LogP contribution in [0.2, 0.25) is 0 Å². The van der Waals surface area contributed by atoms with Crippen LogP contribution in [0, 0.1) is 0 Å². The Kier molecular flexibility index (Phi) is 6.47. The fraction of sp³-hybridized carbons (Fsp3) is 0.130. The third kappa shape index (κ3) is 5.07. The Morgan fingerprint density at radius 2 is 1.79 bits per heavy atom. The van der Waals surface area contributed by atoms with Crippen molar-refractivity contribution < 1.29 is 22.7 Å². The molecule has 1 amide bonds. The molecule has 4 aromatic rings. The summed E-state index contributed by atoms with van der Waals surface area (Å²) in [6.07, 6.45) is 0.